The number of hydrogen-bond acceptors (Lipinski definition) is 10. The van der Waals surface area contributed by atoms with Gasteiger partial charge in [0.15, 0.2) is 21.3 Å². The number of esters is 2. The van der Waals surface area contributed by atoms with Gasteiger partial charge in [-0.2, -0.15) is 0 Å². The molecular formula is C24H26N2O8S2. The Kier molecular flexibility index (Phi) is 5.90. The molecule has 10 nitrogen and oxygen atoms in total. The van der Waals surface area contributed by atoms with Gasteiger partial charge < -0.3 is 19.3 Å². The first-order valence-electron chi connectivity index (χ1n) is 11.6. The Morgan fingerprint density at radius 1 is 0.778 bits per heavy atom. The van der Waals surface area contributed by atoms with Gasteiger partial charge in [0, 0.05) is 38.5 Å². The molecule has 0 aromatic heterocycles. The van der Waals surface area contributed by atoms with Crippen LogP contribution >= 0.6 is 23.5 Å². The van der Waals surface area contributed by atoms with Gasteiger partial charge >= 0.3 is 11.9 Å². The first kappa shape index (κ1) is 25.1. The lowest BCUT2D eigenvalue weighted by molar-refractivity contribution is -0.172. The van der Waals surface area contributed by atoms with Crippen LogP contribution < -0.4 is 0 Å². The van der Waals surface area contributed by atoms with Crippen molar-refractivity contribution >= 4 is 58.8 Å². The highest BCUT2D eigenvalue weighted by Gasteiger charge is 2.75. The standard InChI is InChI=1S/C24H26N2O8S2/c1-11(27)33-17-7-5-15(29)13-9-23(35-3)22(32)26-20-14(16(30)6-8-18(20)34-12(2)28)10-24(26,36-4)21(31)25(23)19(13)17/h5-8,13-14,17-20H,9-10H2,1-4H3/t13-,14-,17+,18+,19+,20+,23-,24-/m0/s1. The van der Waals surface area contributed by atoms with Gasteiger partial charge in [-0.15, -0.1) is 23.5 Å². The number of amides is 2. The Labute approximate surface area is 216 Å². The average Bonchev–Trinajstić information content (AvgIpc) is 3.38. The highest BCUT2D eigenvalue weighted by molar-refractivity contribution is 8.01. The van der Waals surface area contributed by atoms with Crippen LogP contribution in [0.15, 0.2) is 24.3 Å². The number of nitrogens with zero attached hydrogens (tertiary/aromatic N) is 2. The molecular weight excluding hydrogens is 508 g/mol. The number of piperazine rings is 1. The molecule has 5 rings (SSSR count). The van der Waals surface area contributed by atoms with E-state index in [0.717, 1.165) is 23.5 Å². The van der Waals surface area contributed by atoms with E-state index in [-0.39, 0.29) is 24.4 Å². The van der Waals surface area contributed by atoms with E-state index in [1.807, 2.05) is 0 Å². The summed E-state index contributed by atoms with van der Waals surface area (Å²) in [6.45, 7) is 2.50. The summed E-state index contributed by atoms with van der Waals surface area (Å²) in [6.07, 6.45) is 7.34. The molecule has 36 heavy (non-hydrogen) atoms. The first-order valence-corrected chi connectivity index (χ1v) is 14.0. The lowest BCUT2D eigenvalue weighted by Gasteiger charge is -2.54. The fraction of sp³-hybridized carbons (Fsp3) is 0.583. The second-order valence-electron chi connectivity index (χ2n) is 9.60. The summed E-state index contributed by atoms with van der Waals surface area (Å²) in [5, 5.41) is 0. The normalized spacial score (nSPS) is 40.6. The SMILES string of the molecule is CS[C@]12C[C@H]3C(=O)C=C[C@@H](OC(C)=O)[C@@H]3N1C(=O)[C@@]1(SC)C[C@H]3C(=O)C=C[C@@H](OC(C)=O)[C@@H]3N1C2=O. The van der Waals surface area contributed by atoms with Crippen molar-refractivity contribution in [3.63, 3.8) is 0 Å². The average molecular weight is 535 g/mol. The van der Waals surface area contributed by atoms with Gasteiger partial charge in [0.05, 0.1) is 12.1 Å². The van der Waals surface area contributed by atoms with Crippen molar-refractivity contribution in [3.8, 4) is 0 Å². The molecule has 2 amide bonds. The van der Waals surface area contributed by atoms with Crippen LogP contribution in [-0.4, -0.2) is 91.7 Å². The van der Waals surface area contributed by atoms with Crippen molar-refractivity contribution in [2.24, 2.45) is 11.8 Å². The number of ether oxygens (including phenoxy) is 2. The third-order valence-corrected chi connectivity index (χ3v) is 10.3. The molecule has 0 spiro atoms. The number of ketones is 2. The van der Waals surface area contributed by atoms with E-state index in [9.17, 15) is 28.8 Å². The number of allylic oxidation sites excluding steroid dienone is 2. The Morgan fingerprint density at radius 3 is 1.44 bits per heavy atom. The molecule has 0 saturated carbocycles. The number of carbonyl (C=O) groups is 6. The summed E-state index contributed by atoms with van der Waals surface area (Å²) >= 11 is 2.30. The van der Waals surface area contributed by atoms with E-state index < -0.39 is 69.6 Å². The van der Waals surface area contributed by atoms with Crippen LogP contribution in [0, 0.1) is 11.8 Å². The highest BCUT2D eigenvalue weighted by atomic mass is 32.2. The van der Waals surface area contributed by atoms with Gasteiger partial charge in [-0.25, -0.2) is 0 Å². The zero-order chi connectivity index (χ0) is 26.2. The van der Waals surface area contributed by atoms with E-state index >= 15 is 0 Å². The summed E-state index contributed by atoms with van der Waals surface area (Å²) in [7, 11) is 0. The molecule has 5 aliphatic rings. The van der Waals surface area contributed by atoms with Crippen LogP contribution in [0.5, 0.6) is 0 Å². The van der Waals surface area contributed by atoms with Gasteiger partial charge in [-0.3, -0.25) is 28.8 Å². The molecule has 12 heteroatoms. The number of rotatable bonds is 4. The molecule has 0 aromatic carbocycles. The zero-order valence-electron chi connectivity index (χ0n) is 20.2. The quantitative estimate of drug-likeness (QED) is 0.476. The molecule has 8 atom stereocenters. The Balaban J connectivity index is 1.66. The summed E-state index contributed by atoms with van der Waals surface area (Å²) in [4.78, 5) is 78.6. The van der Waals surface area contributed by atoms with Gasteiger partial charge in [-0.05, 0) is 36.8 Å². The second-order valence-corrected chi connectivity index (χ2v) is 11.8. The van der Waals surface area contributed by atoms with Crippen molar-refractivity contribution in [1.29, 1.82) is 0 Å². The predicted octanol–water partition coefficient (Wildman–Crippen LogP) is 0.694. The summed E-state index contributed by atoms with van der Waals surface area (Å²) < 4.78 is 11.0. The van der Waals surface area contributed by atoms with E-state index in [2.05, 4.69) is 0 Å². The molecule has 0 bridgehead atoms. The predicted molar refractivity (Wildman–Crippen MR) is 129 cm³/mol. The first-order chi connectivity index (χ1) is 17.0. The van der Waals surface area contributed by atoms with Crippen LogP contribution in [0.25, 0.3) is 0 Å². The lowest BCUT2D eigenvalue weighted by Crippen LogP contribution is -2.75. The molecule has 0 N–H and O–H groups in total. The van der Waals surface area contributed by atoms with Gasteiger partial charge in [0.2, 0.25) is 0 Å². The van der Waals surface area contributed by atoms with E-state index in [0.29, 0.717) is 0 Å². The molecule has 3 aliphatic heterocycles. The molecule has 0 aromatic rings. The third kappa shape index (κ3) is 3.19. The smallest absolute Gasteiger partial charge is 0.303 e. The van der Waals surface area contributed by atoms with Crippen molar-refractivity contribution in [1.82, 2.24) is 9.80 Å². The minimum atomic E-state index is -1.44. The van der Waals surface area contributed by atoms with Crippen LogP contribution in [0.3, 0.4) is 0 Å². The lowest BCUT2D eigenvalue weighted by atomic mass is 9.85. The van der Waals surface area contributed by atoms with E-state index in [1.54, 1.807) is 12.5 Å². The maximum atomic E-state index is 14.5. The van der Waals surface area contributed by atoms with Crippen LogP contribution in [0.4, 0.5) is 0 Å². The number of hydrogen-bond donors (Lipinski definition) is 0. The summed E-state index contributed by atoms with van der Waals surface area (Å²) in [5.41, 5.74) is 0. The van der Waals surface area contributed by atoms with E-state index in [4.69, 9.17) is 9.47 Å². The molecule has 3 heterocycles. The topological polar surface area (TPSA) is 127 Å². The Hall–Kier alpha value is -2.60. The van der Waals surface area contributed by atoms with Crippen molar-refractivity contribution in [3.05, 3.63) is 24.3 Å². The number of fused-ring (bicyclic) bond motifs is 6. The second kappa shape index (κ2) is 8.47. The minimum Gasteiger partial charge on any atom is -0.456 e. The van der Waals surface area contributed by atoms with Gasteiger partial charge in [0.25, 0.3) is 11.8 Å². The van der Waals surface area contributed by atoms with Crippen LogP contribution in [0.1, 0.15) is 26.7 Å². The molecule has 3 fully saturated rings. The maximum Gasteiger partial charge on any atom is 0.303 e. The number of carbonyl (C=O) groups excluding carboxylic acids is 6. The monoisotopic (exact) mass is 534 g/mol. The Morgan fingerprint density at radius 2 is 1.14 bits per heavy atom. The molecule has 192 valence electrons. The van der Waals surface area contributed by atoms with Crippen molar-refractivity contribution in [2.75, 3.05) is 12.5 Å². The summed E-state index contributed by atoms with van der Waals surface area (Å²) in [6, 6.07) is -1.69. The molecule has 3 saturated heterocycles. The molecule has 2 aliphatic carbocycles. The largest absolute Gasteiger partial charge is 0.456 e. The van der Waals surface area contributed by atoms with Crippen molar-refractivity contribution < 1.29 is 38.2 Å². The fourth-order valence-corrected chi connectivity index (χ4v) is 8.56. The number of thioether (sulfide) groups is 2. The van der Waals surface area contributed by atoms with Crippen LogP contribution in [-0.2, 0) is 38.2 Å². The molecule has 0 unspecified atom stereocenters. The minimum absolute atomic E-state index is 0.0463. The van der Waals surface area contributed by atoms with Crippen molar-refractivity contribution in [2.45, 2.75) is 60.7 Å². The van der Waals surface area contributed by atoms with E-state index in [1.165, 1.54) is 48.0 Å². The summed E-state index contributed by atoms with van der Waals surface area (Å²) in [5.74, 6) is -3.90. The Bertz CT molecular complexity index is 1060. The fourth-order valence-electron chi connectivity index (χ4n) is 6.51. The van der Waals surface area contributed by atoms with Crippen LogP contribution in [0.2, 0.25) is 0 Å². The molecule has 0 radical (unpaired) electrons. The van der Waals surface area contributed by atoms with Gasteiger partial charge in [-0.1, -0.05) is 0 Å². The third-order valence-electron chi connectivity index (χ3n) is 7.88. The highest BCUT2D eigenvalue weighted by Crippen LogP contribution is 2.60. The maximum absolute atomic E-state index is 14.5. The zero-order valence-corrected chi connectivity index (χ0v) is 21.8. The van der Waals surface area contributed by atoms with Gasteiger partial charge in [0.1, 0.15) is 12.2 Å².